The number of benzene rings is 2. The molecule has 0 aliphatic carbocycles. The highest BCUT2D eigenvalue weighted by molar-refractivity contribution is 6.36. The van der Waals surface area contributed by atoms with Crippen LogP contribution in [0.15, 0.2) is 39.5 Å². The number of nitrogens with one attached hydrogen (secondary N) is 1. The fraction of sp³-hybridized carbons (Fsp3) is 0.348. The zero-order valence-electron chi connectivity index (χ0n) is 17.2. The summed E-state index contributed by atoms with van der Waals surface area (Å²) < 4.78 is 47.5. The molecule has 170 valence electrons. The minimum absolute atomic E-state index is 0.0455. The van der Waals surface area contributed by atoms with Crippen LogP contribution in [0.2, 0.25) is 10.0 Å². The number of rotatable bonds is 3. The summed E-state index contributed by atoms with van der Waals surface area (Å²) in [5, 5.41) is 10.6. The molecular formula is C23H21Cl2F3NO3+. The molecule has 2 N–H and O–H groups in total. The van der Waals surface area contributed by atoms with Gasteiger partial charge in [-0.2, -0.15) is 13.2 Å². The lowest BCUT2D eigenvalue weighted by molar-refractivity contribution is -0.941. The van der Waals surface area contributed by atoms with E-state index in [2.05, 4.69) is 6.92 Å². The van der Waals surface area contributed by atoms with E-state index in [1.807, 2.05) is 0 Å². The second kappa shape index (κ2) is 8.61. The van der Waals surface area contributed by atoms with Crippen LogP contribution in [0.25, 0.3) is 22.1 Å². The second-order valence-electron chi connectivity index (χ2n) is 8.18. The van der Waals surface area contributed by atoms with Crippen LogP contribution >= 0.6 is 23.2 Å². The molecule has 9 heteroatoms. The van der Waals surface area contributed by atoms with Crippen molar-refractivity contribution in [3.63, 3.8) is 0 Å². The van der Waals surface area contributed by atoms with E-state index in [4.69, 9.17) is 27.6 Å². The predicted octanol–water partition coefficient (Wildman–Crippen LogP) is 5.45. The average Bonchev–Trinajstić information content (AvgIpc) is 2.71. The van der Waals surface area contributed by atoms with Crippen LogP contribution in [0.4, 0.5) is 13.2 Å². The van der Waals surface area contributed by atoms with E-state index >= 15 is 0 Å². The van der Waals surface area contributed by atoms with Crippen LogP contribution in [0.1, 0.15) is 37.5 Å². The van der Waals surface area contributed by atoms with Gasteiger partial charge in [0.25, 0.3) is 0 Å². The number of likely N-dealkylation sites (tertiary alicyclic amines) is 1. The average molecular weight is 487 g/mol. The number of aromatic hydroxyl groups is 1. The van der Waals surface area contributed by atoms with Gasteiger partial charge in [-0.3, -0.25) is 4.79 Å². The molecule has 0 amide bonds. The van der Waals surface area contributed by atoms with Crippen molar-refractivity contribution in [2.75, 3.05) is 6.54 Å². The van der Waals surface area contributed by atoms with Crippen molar-refractivity contribution in [2.24, 2.45) is 0 Å². The minimum Gasteiger partial charge on any atom is -0.507 e. The van der Waals surface area contributed by atoms with Crippen LogP contribution in [-0.2, 0) is 12.7 Å². The van der Waals surface area contributed by atoms with Gasteiger partial charge in [-0.1, -0.05) is 29.3 Å². The quantitative estimate of drug-likeness (QED) is 0.517. The Kier molecular flexibility index (Phi) is 6.18. The third-order valence-electron chi connectivity index (χ3n) is 6.08. The van der Waals surface area contributed by atoms with E-state index in [-0.39, 0.29) is 50.5 Å². The molecule has 4 rings (SSSR count). The van der Waals surface area contributed by atoms with Gasteiger partial charge < -0.3 is 14.4 Å². The molecule has 32 heavy (non-hydrogen) atoms. The molecule has 1 aromatic heterocycles. The Morgan fingerprint density at radius 1 is 1.19 bits per heavy atom. The first-order valence-electron chi connectivity index (χ1n) is 10.3. The van der Waals surface area contributed by atoms with Crippen molar-refractivity contribution in [3.05, 3.63) is 61.9 Å². The highest BCUT2D eigenvalue weighted by Gasteiger charge is 2.40. The van der Waals surface area contributed by atoms with Crippen LogP contribution in [0.5, 0.6) is 5.75 Å². The maximum absolute atomic E-state index is 14.0. The van der Waals surface area contributed by atoms with Crippen molar-refractivity contribution >= 4 is 34.2 Å². The van der Waals surface area contributed by atoms with Crippen LogP contribution < -0.4 is 10.3 Å². The molecule has 1 saturated heterocycles. The number of phenols is 1. The number of quaternary nitrogens is 1. The Labute approximate surface area is 192 Å². The highest BCUT2D eigenvalue weighted by Crippen LogP contribution is 2.41. The molecule has 0 radical (unpaired) electrons. The zero-order chi connectivity index (χ0) is 23.2. The number of fused-ring (bicyclic) bond motifs is 1. The smallest absolute Gasteiger partial charge is 0.450 e. The lowest BCUT2D eigenvalue weighted by Gasteiger charge is -2.30. The third-order valence-corrected chi connectivity index (χ3v) is 6.63. The Balaban J connectivity index is 1.99. The summed E-state index contributed by atoms with van der Waals surface area (Å²) in [4.78, 5) is 14.4. The number of piperidine rings is 1. The highest BCUT2D eigenvalue weighted by atomic mass is 35.5. The van der Waals surface area contributed by atoms with Crippen molar-refractivity contribution in [2.45, 2.75) is 44.9 Å². The summed E-state index contributed by atoms with van der Waals surface area (Å²) >= 11 is 12.0. The molecule has 3 aromatic rings. The Morgan fingerprint density at radius 2 is 1.94 bits per heavy atom. The SMILES string of the molecule is CC1CCCC[NH+]1Cc1c(O)ccc2c(=O)c(-c3ccc(Cl)cc3Cl)c(C(F)(F)F)oc12. The Hall–Kier alpha value is -2.22. The molecule has 1 aliphatic rings. The maximum Gasteiger partial charge on any atom is 0.450 e. The third kappa shape index (κ3) is 4.21. The fourth-order valence-corrected chi connectivity index (χ4v) is 4.86. The summed E-state index contributed by atoms with van der Waals surface area (Å²) in [6, 6.07) is 6.77. The molecule has 0 bridgehead atoms. The van der Waals surface area contributed by atoms with E-state index in [9.17, 15) is 23.1 Å². The fourth-order valence-electron chi connectivity index (χ4n) is 4.35. The van der Waals surface area contributed by atoms with Crippen molar-refractivity contribution in [1.29, 1.82) is 0 Å². The molecular weight excluding hydrogens is 466 g/mol. The number of hydrogen-bond donors (Lipinski definition) is 2. The minimum atomic E-state index is -4.96. The second-order valence-corrected chi connectivity index (χ2v) is 9.02. The first-order chi connectivity index (χ1) is 15.1. The molecule has 0 spiro atoms. The molecule has 2 atom stereocenters. The van der Waals surface area contributed by atoms with Gasteiger partial charge in [0.2, 0.25) is 11.2 Å². The van der Waals surface area contributed by atoms with Crippen LogP contribution in [-0.4, -0.2) is 17.7 Å². The largest absolute Gasteiger partial charge is 0.507 e. The predicted molar refractivity (Wildman–Crippen MR) is 117 cm³/mol. The number of alkyl halides is 3. The van der Waals surface area contributed by atoms with Crippen LogP contribution in [0.3, 0.4) is 0 Å². The van der Waals surface area contributed by atoms with E-state index in [0.29, 0.717) is 0 Å². The summed E-state index contributed by atoms with van der Waals surface area (Å²) in [6.45, 7) is 3.14. The van der Waals surface area contributed by atoms with E-state index in [1.165, 1.54) is 30.3 Å². The summed E-state index contributed by atoms with van der Waals surface area (Å²) in [6.07, 6.45) is -1.90. The van der Waals surface area contributed by atoms with Gasteiger partial charge in [0, 0.05) is 10.6 Å². The normalized spacial score (nSPS) is 19.4. The number of halogens is 5. The van der Waals surface area contributed by atoms with Crippen LogP contribution in [0, 0.1) is 0 Å². The lowest BCUT2D eigenvalue weighted by atomic mass is 9.99. The van der Waals surface area contributed by atoms with Gasteiger partial charge in [0.05, 0.1) is 34.1 Å². The molecule has 2 unspecified atom stereocenters. The monoisotopic (exact) mass is 486 g/mol. The summed E-state index contributed by atoms with van der Waals surface area (Å²) in [5.74, 6) is -1.65. The topological polar surface area (TPSA) is 54.9 Å². The molecule has 2 heterocycles. The van der Waals surface area contributed by atoms with Gasteiger partial charge in [0.1, 0.15) is 12.3 Å². The summed E-state index contributed by atoms with van der Waals surface area (Å²) in [7, 11) is 0. The first kappa shape index (κ1) is 23.0. The maximum atomic E-state index is 14.0. The van der Waals surface area contributed by atoms with Gasteiger partial charge >= 0.3 is 6.18 Å². The number of phenolic OH excluding ortho intramolecular Hbond substituents is 1. The first-order valence-corrected chi connectivity index (χ1v) is 11.0. The molecule has 4 nitrogen and oxygen atoms in total. The standard InChI is InChI=1S/C23H20Cl2F3NO3/c1-12-4-2-3-9-29(12)11-16-18(30)8-7-15-20(31)19(14-6-5-13(24)10-17(14)25)22(23(26,27)28)32-21(15)16/h5-8,10,12,30H,2-4,9,11H2,1H3/p+1. The lowest BCUT2D eigenvalue weighted by Crippen LogP contribution is -3.14. The summed E-state index contributed by atoms with van der Waals surface area (Å²) in [5.41, 5.74) is -1.72. The van der Waals surface area contributed by atoms with E-state index < -0.39 is 22.9 Å². The Morgan fingerprint density at radius 3 is 2.59 bits per heavy atom. The van der Waals surface area contributed by atoms with Gasteiger partial charge in [-0.05, 0) is 50.5 Å². The molecule has 0 saturated carbocycles. The van der Waals surface area contributed by atoms with Crippen molar-refractivity contribution < 1.29 is 27.6 Å². The van der Waals surface area contributed by atoms with Gasteiger partial charge in [0.15, 0.2) is 5.58 Å². The molecule has 1 aliphatic heterocycles. The Bertz CT molecular complexity index is 1240. The number of hydrogen-bond acceptors (Lipinski definition) is 3. The van der Waals surface area contributed by atoms with Gasteiger partial charge in [-0.15, -0.1) is 0 Å². The molecule has 1 fully saturated rings. The molecule has 2 aromatic carbocycles. The zero-order valence-corrected chi connectivity index (χ0v) is 18.7. The van der Waals surface area contributed by atoms with Crippen molar-refractivity contribution in [1.82, 2.24) is 0 Å². The van der Waals surface area contributed by atoms with E-state index in [0.717, 1.165) is 30.7 Å². The van der Waals surface area contributed by atoms with Crippen molar-refractivity contribution in [3.8, 4) is 16.9 Å². The van der Waals surface area contributed by atoms with Gasteiger partial charge in [-0.25, -0.2) is 0 Å². The van der Waals surface area contributed by atoms with E-state index in [1.54, 1.807) is 0 Å².